The first-order valence-electron chi connectivity index (χ1n) is 10.5. The Kier molecular flexibility index (Phi) is 5.57. The summed E-state index contributed by atoms with van der Waals surface area (Å²) in [6, 6.07) is 11.1. The van der Waals surface area contributed by atoms with E-state index in [0.29, 0.717) is 38.4 Å². The second-order valence-electron chi connectivity index (χ2n) is 8.99. The van der Waals surface area contributed by atoms with Crippen LogP contribution in [0.3, 0.4) is 0 Å². The van der Waals surface area contributed by atoms with Gasteiger partial charge in [-0.2, -0.15) is 4.73 Å². The number of hydrogen-bond donors (Lipinski definition) is 1. The molecule has 4 aromatic rings. The topological polar surface area (TPSA) is 78.3 Å². The Labute approximate surface area is 190 Å². The van der Waals surface area contributed by atoms with Crippen molar-refractivity contribution in [2.45, 2.75) is 33.1 Å². The number of rotatable bonds is 4. The number of H-pyrrole nitrogens is 1. The second-order valence-corrected chi connectivity index (χ2v) is 8.99. The molecule has 33 heavy (non-hydrogen) atoms. The number of aromatic amines is 1. The molecule has 0 radical (unpaired) electrons. The monoisotopic (exact) mass is 448 g/mol. The second kappa shape index (κ2) is 8.24. The number of ether oxygens (including phenoxy) is 2. The van der Waals surface area contributed by atoms with E-state index in [1.54, 1.807) is 6.07 Å². The van der Waals surface area contributed by atoms with E-state index in [4.69, 9.17) is 9.47 Å². The lowest BCUT2D eigenvalue weighted by Gasteiger charge is -2.23. The molecule has 2 heterocycles. The Bertz CT molecular complexity index is 1420. The maximum Gasteiger partial charge on any atom is 0.196 e. The molecule has 2 aromatic heterocycles. The average Bonchev–Trinajstić information content (AvgIpc) is 2.74. The number of halogens is 1. The molecule has 4 rings (SSSR count). The van der Waals surface area contributed by atoms with Crippen molar-refractivity contribution in [2.75, 3.05) is 7.11 Å². The third kappa shape index (κ3) is 4.39. The van der Waals surface area contributed by atoms with Gasteiger partial charge < -0.3 is 19.7 Å². The van der Waals surface area contributed by atoms with Crippen LogP contribution in [0.25, 0.3) is 22.2 Å². The van der Waals surface area contributed by atoms with Crippen LogP contribution in [0.15, 0.2) is 59.7 Å². The molecule has 0 bridgehead atoms. The number of aromatic nitrogens is 2. The fraction of sp³-hybridized carbons (Fsp3) is 0.231. The van der Waals surface area contributed by atoms with Crippen molar-refractivity contribution in [3.63, 3.8) is 0 Å². The molecule has 2 aromatic carbocycles. The van der Waals surface area contributed by atoms with Gasteiger partial charge >= 0.3 is 0 Å². The van der Waals surface area contributed by atoms with Crippen LogP contribution in [0.5, 0.6) is 17.2 Å². The summed E-state index contributed by atoms with van der Waals surface area (Å²) in [5.41, 5.74) is 3.26. The molecule has 0 spiro atoms. The Hall–Kier alpha value is -3.87. The molecule has 6 nitrogen and oxygen atoms in total. The molecular weight excluding hydrogens is 423 g/mol. The summed E-state index contributed by atoms with van der Waals surface area (Å²) in [7, 11) is 1.45. The minimum absolute atomic E-state index is 0.160. The molecule has 0 unspecified atom stereocenters. The molecule has 170 valence electrons. The molecule has 0 saturated carbocycles. The molecule has 0 atom stereocenters. The van der Waals surface area contributed by atoms with Crippen molar-refractivity contribution in [1.82, 2.24) is 4.98 Å². The third-order valence-corrected chi connectivity index (χ3v) is 5.53. The first kappa shape index (κ1) is 22.3. The molecule has 0 saturated heterocycles. The molecule has 0 fully saturated rings. The normalized spacial score (nSPS) is 11.6. The van der Waals surface area contributed by atoms with Crippen molar-refractivity contribution in [3.05, 3.63) is 87.2 Å². The number of aryl methyl sites for hydroxylation is 1. The van der Waals surface area contributed by atoms with Crippen LogP contribution in [-0.4, -0.2) is 12.1 Å². The van der Waals surface area contributed by atoms with E-state index in [1.807, 2.05) is 13.0 Å². The summed E-state index contributed by atoms with van der Waals surface area (Å²) >= 11 is 0. The van der Waals surface area contributed by atoms with E-state index in [-0.39, 0.29) is 16.6 Å². The lowest BCUT2D eigenvalue weighted by molar-refractivity contribution is -0.603. The lowest BCUT2D eigenvalue weighted by Crippen LogP contribution is -2.25. The highest BCUT2D eigenvalue weighted by molar-refractivity contribution is 5.82. The highest BCUT2D eigenvalue weighted by atomic mass is 19.1. The van der Waals surface area contributed by atoms with E-state index < -0.39 is 5.82 Å². The van der Waals surface area contributed by atoms with Gasteiger partial charge in [0.1, 0.15) is 17.0 Å². The SMILES string of the molecule is COc1cc(F)ccc1Oc1cc(C(C)(C)C)cc(C)c1-c1cc(=O)c2c[n+]([O-])ccc2[nH]1. The summed E-state index contributed by atoms with van der Waals surface area (Å²) in [4.78, 5) is 16.0. The number of hydrogen-bond acceptors (Lipinski definition) is 4. The number of nitrogens with zero attached hydrogens (tertiary/aromatic N) is 1. The molecule has 0 aliphatic carbocycles. The number of nitrogens with one attached hydrogen (secondary N) is 1. The van der Waals surface area contributed by atoms with Crippen LogP contribution in [-0.2, 0) is 5.41 Å². The fourth-order valence-electron chi connectivity index (χ4n) is 3.77. The van der Waals surface area contributed by atoms with Gasteiger partial charge in [0.2, 0.25) is 0 Å². The highest BCUT2D eigenvalue weighted by Crippen LogP contribution is 2.41. The van der Waals surface area contributed by atoms with E-state index in [1.165, 1.54) is 43.8 Å². The zero-order valence-corrected chi connectivity index (χ0v) is 19.2. The van der Waals surface area contributed by atoms with Crippen molar-refractivity contribution in [1.29, 1.82) is 0 Å². The Morgan fingerprint density at radius 2 is 1.79 bits per heavy atom. The predicted octanol–water partition coefficient (Wildman–Crippen LogP) is 5.37. The molecule has 0 aliphatic heterocycles. The maximum absolute atomic E-state index is 13.7. The highest BCUT2D eigenvalue weighted by Gasteiger charge is 2.22. The van der Waals surface area contributed by atoms with Gasteiger partial charge in [0, 0.05) is 23.8 Å². The number of fused-ring (bicyclic) bond motifs is 1. The number of benzene rings is 2. The number of methoxy groups -OCH3 is 1. The minimum Gasteiger partial charge on any atom is -0.619 e. The van der Waals surface area contributed by atoms with Crippen LogP contribution < -0.4 is 19.6 Å². The Morgan fingerprint density at radius 1 is 1.03 bits per heavy atom. The summed E-state index contributed by atoms with van der Waals surface area (Å²) in [5, 5.41) is 11.9. The minimum atomic E-state index is -0.437. The van der Waals surface area contributed by atoms with Gasteiger partial charge in [-0.25, -0.2) is 4.39 Å². The largest absolute Gasteiger partial charge is 0.619 e. The number of pyridine rings is 2. The standard InChI is InChI=1S/C26H25FN2O4/c1-15-10-16(26(2,3)4)11-24(33-22-7-6-17(27)12-23(22)32-5)25(15)20-13-21(30)18-14-29(31)9-8-19(18)28-20/h6-14H,1-5H3,(H,28,30). The summed E-state index contributed by atoms with van der Waals surface area (Å²) in [6.07, 6.45) is 2.58. The predicted molar refractivity (Wildman–Crippen MR) is 125 cm³/mol. The smallest absolute Gasteiger partial charge is 0.196 e. The molecule has 0 amide bonds. The summed E-state index contributed by atoms with van der Waals surface area (Å²) in [5.74, 6) is 0.663. The van der Waals surface area contributed by atoms with Gasteiger partial charge in [0.05, 0.1) is 18.3 Å². The molecule has 1 N–H and O–H groups in total. The average molecular weight is 448 g/mol. The van der Waals surface area contributed by atoms with E-state index in [0.717, 1.165) is 11.1 Å². The van der Waals surface area contributed by atoms with Gasteiger partial charge in [-0.3, -0.25) is 4.79 Å². The van der Waals surface area contributed by atoms with Crippen LogP contribution in [0, 0.1) is 17.9 Å². The summed E-state index contributed by atoms with van der Waals surface area (Å²) < 4.78 is 25.9. The first-order valence-corrected chi connectivity index (χ1v) is 10.5. The lowest BCUT2D eigenvalue weighted by atomic mass is 9.84. The quantitative estimate of drug-likeness (QED) is 0.336. The molecular formula is C26H25FN2O4. The Balaban J connectivity index is 1.96. The van der Waals surface area contributed by atoms with E-state index in [9.17, 15) is 14.4 Å². The zero-order valence-electron chi connectivity index (χ0n) is 19.2. The van der Waals surface area contributed by atoms with Crippen molar-refractivity contribution >= 4 is 10.9 Å². The van der Waals surface area contributed by atoms with Crippen molar-refractivity contribution < 1.29 is 18.6 Å². The Morgan fingerprint density at radius 3 is 2.48 bits per heavy atom. The van der Waals surface area contributed by atoms with Crippen LogP contribution in [0.1, 0.15) is 31.9 Å². The third-order valence-electron chi connectivity index (χ3n) is 5.53. The van der Waals surface area contributed by atoms with Crippen LogP contribution in [0.4, 0.5) is 4.39 Å². The van der Waals surface area contributed by atoms with Crippen molar-refractivity contribution in [3.8, 4) is 28.5 Å². The zero-order chi connectivity index (χ0) is 23.9. The fourth-order valence-corrected chi connectivity index (χ4v) is 3.77. The van der Waals surface area contributed by atoms with E-state index in [2.05, 4.69) is 31.8 Å². The molecule has 7 heteroatoms. The van der Waals surface area contributed by atoms with Crippen molar-refractivity contribution in [2.24, 2.45) is 0 Å². The van der Waals surface area contributed by atoms with Gasteiger partial charge in [0.25, 0.3) is 0 Å². The van der Waals surface area contributed by atoms with E-state index >= 15 is 0 Å². The first-order chi connectivity index (χ1) is 15.6. The van der Waals surface area contributed by atoms with Gasteiger partial charge in [0.15, 0.2) is 29.3 Å². The van der Waals surface area contributed by atoms with Gasteiger partial charge in [-0.1, -0.05) is 26.8 Å². The van der Waals surface area contributed by atoms with Gasteiger partial charge in [-0.05, 0) is 41.7 Å². The van der Waals surface area contributed by atoms with Crippen LogP contribution in [0.2, 0.25) is 0 Å². The molecule has 0 aliphatic rings. The van der Waals surface area contributed by atoms with Gasteiger partial charge in [-0.15, -0.1) is 0 Å². The maximum atomic E-state index is 13.7. The van der Waals surface area contributed by atoms with Crippen LogP contribution >= 0.6 is 0 Å². The summed E-state index contributed by atoms with van der Waals surface area (Å²) in [6.45, 7) is 8.23.